The summed E-state index contributed by atoms with van der Waals surface area (Å²) in [7, 11) is 0. The number of hydrogen-bond donors (Lipinski definition) is 0. The quantitative estimate of drug-likeness (QED) is 0.253. The highest BCUT2D eigenvalue weighted by Crippen LogP contribution is 2.27. The van der Waals surface area contributed by atoms with Gasteiger partial charge < -0.3 is 14.0 Å². The molecule has 4 nitrogen and oxygen atoms in total. The molecule has 4 aromatic rings. The van der Waals surface area contributed by atoms with E-state index in [1.807, 2.05) is 49.4 Å². The van der Waals surface area contributed by atoms with E-state index in [0.717, 1.165) is 41.3 Å². The zero-order valence-electron chi connectivity index (χ0n) is 19.7. The number of ether oxygens (including phenoxy) is 2. The van der Waals surface area contributed by atoms with Gasteiger partial charge in [-0.1, -0.05) is 56.6 Å². The van der Waals surface area contributed by atoms with Crippen LogP contribution in [0.5, 0.6) is 11.5 Å². The summed E-state index contributed by atoms with van der Waals surface area (Å²) in [6.45, 7) is 10.1. The molecule has 0 aliphatic heterocycles. The first-order chi connectivity index (χ1) is 15.8. The second kappa shape index (κ2) is 9.88. The van der Waals surface area contributed by atoms with E-state index in [2.05, 4.69) is 55.7 Å². The largest absolute Gasteiger partial charge is 0.494 e. The zero-order valence-corrected chi connectivity index (χ0v) is 20.5. The van der Waals surface area contributed by atoms with Gasteiger partial charge in [-0.25, -0.2) is 4.98 Å². The molecule has 0 radical (unpaired) electrons. The van der Waals surface area contributed by atoms with E-state index in [4.69, 9.17) is 26.1 Å². The predicted molar refractivity (Wildman–Crippen MR) is 135 cm³/mol. The van der Waals surface area contributed by atoms with Crippen molar-refractivity contribution in [1.29, 1.82) is 0 Å². The smallest absolute Gasteiger partial charge is 0.153 e. The molecule has 0 saturated heterocycles. The minimum Gasteiger partial charge on any atom is -0.494 e. The average Bonchev–Trinajstić information content (AvgIpc) is 3.17. The van der Waals surface area contributed by atoms with Crippen LogP contribution in [0.25, 0.3) is 11.0 Å². The lowest BCUT2D eigenvalue weighted by Crippen LogP contribution is -2.13. The molecule has 0 fully saturated rings. The van der Waals surface area contributed by atoms with Crippen molar-refractivity contribution >= 4 is 22.6 Å². The van der Waals surface area contributed by atoms with Crippen LogP contribution < -0.4 is 9.47 Å². The molecule has 3 aromatic carbocycles. The normalized spacial score (nSPS) is 12.6. The highest BCUT2D eigenvalue weighted by Gasteiger charge is 2.18. The topological polar surface area (TPSA) is 36.3 Å². The fourth-order valence-corrected chi connectivity index (χ4v) is 4.00. The summed E-state index contributed by atoms with van der Waals surface area (Å²) >= 11 is 6.00. The number of imidazole rings is 1. The third-order valence-electron chi connectivity index (χ3n) is 5.69. The van der Waals surface area contributed by atoms with Crippen molar-refractivity contribution in [2.45, 2.75) is 52.2 Å². The monoisotopic (exact) mass is 462 g/mol. The third kappa shape index (κ3) is 5.69. The molecule has 0 saturated carbocycles. The molecular weight excluding hydrogens is 432 g/mol. The second-order valence-electron chi connectivity index (χ2n) is 9.30. The van der Waals surface area contributed by atoms with Crippen LogP contribution in [0.15, 0.2) is 72.8 Å². The minimum absolute atomic E-state index is 0.141. The summed E-state index contributed by atoms with van der Waals surface area (Å²) in [5.74, 6) is 2.58. The Morgan fingerprint density at radius 2 is 1.58 bits per heavy atom. The maximum absolute atomic E-state index is 6.17. The SMILES string of the molecule is CC(Oc1ccc(Cl)cc1)c1nc2ccccc2n1CCCOc1ccc(C(C)(C)C)cc1. The van der Waals surface area contributed by atoms with Crippen molar-refractivity contribution in [2.75, 3.05) is 6.61 Å². The van der Waals surface area contributed by atoms with Crippen LogP contribution in [-0.4, -0.2) is 16.2 Å². The number of nitrogens with zero attached hydrogens (tertiary/aromatic N) is 2. The lowest BCUT2D eigenvalue weighted by atomic mass is 9.87. The van der Waals surface area contributed by atoms with E-state index in [0.29, 0.717) is 11.6 Å². The Morgan fingerprint density at radius 3 is 2.27 bits per heavy atom. The summed E-state index contributed by atoms with van der Waals surface area (Å²) in [6.07, 6.45) is 0.659. The standard InChI is InChI=1S/C28H31ClN2O2/c1-20(33-24-16-12-22(29)13-17-24)27-30-25-8-5-6-9-26(25)31(27)18-7-19-32-23-14-10-21(11-15-23)28(2,3)4/h5-6,8-17,20H,7,18-19H2,1-4H3. The van der Waals surface area contributed by atoms with Crippen molar-refractivity contribution in [2.24, 2.45) is 0 Å². The number of para-hydroxylation sites is 2. The number of benzene rings is 3. The van der Waals surface area contributed by atoms with E-state index in [9.17, 15) is 0 Å². The van der Waals surface area contributed by atoms with Crippen molar-refractivity contribution in [3.05, 3.63) is 89.2 Å². The number of rotatable bonds is 8. The molecule has 0 aliphatic rings. The van der Waals surface area contributed by atoms with Crippen LogP contribution in [0.2, 0.25) is 5.02 Å². The van der Waals surface area contributed by atoms with Crippen LogP contribution in [0, 0.1) is 0 Å². The molecule has 33 heavy (non-hydrogen) atoms. The molecule has 0 aliphatic carbocycles. The highest BCUT2D eigenvalue weighted by molar-refractivity contribution is 6.30. The molecule has 5 heteroatoms. The minimum atomic E-state index is -0.204. The van der Waals surface area contributed by atoms with Crippen LogP contribution >= 0.6 is 11.6 Å². The maximum Gasteiger partial charge on any atom is 0.153 e. The van der Waals surface area contributed by atoms with Gasteiger partial charge in [0.15, 0.2) is 11.9 Å². The summed E-state index contributed by atoms with van der Waals surface area (Å²) < 4.78 is 14.4. The van der Waals surface area contributed by atoms with E-state index >= 15 is 0 Å². The Labute approximate surface area is 201 Å². The Hall–Kier alpha value is -2.98. The van der Waals surface area contributed by atoms with Crippen LogP contribution in [-0.2, 0) is 12.0 Å². The molecule has 1 aromatic heterocycles. The molecule has 0 amide bonds. The molecule has 0 spiro atoms. The Morgan fingerprint density at radius 1 is 0.909 bits per heavy atom. The second-order valence-corrected chi connectivity index (χ2v) is 9.74. The first-order valence-electron chi connectivity index (χ1n) is 11.4. The zero-order chi connectivity index (χ0) is 23.4. The Kier molecular flexibility index (Phi) is 6.94. The number of hydrogen-bond acceptors (Lipinski definition) is 3. The molecule has 4 rings (SSSR count). The Bertz CT molecular complexity index is 1190. The van der Waals surface area contributed by atoms with Crippen molar-refractivity contribution in [3.63, 3.8) is 0 Å². The first-order valence-corrected chi connectivity index (χ1v) is 11.8. The van der Waals surface area contributed by atoms with E-state index < -0.39 is 0 Å². The average molecular weight is 463 g/mol. The number of fused-ring (bicyclic) bond motifs is 1. The van der Waals surface area contributed by atoms with Gasteiger partial charge in [-0.05, 0) is 72.9 Å². The van der Waals surface area contributed by atoms with Gasteiger partial charge in [0, 0.05) is 11.6 Å². The lowest BCUT2D eigenvalue weighted by molar-refractivity contribution is 0.210. The van der Waals surface area contributed by atoms with Gasteiger partial charge in [0.25, 0.3) is 0 Å². The number of aryl methyl sites for hydroxylation is 1. The molecule has 1 unspecified atom stereocenters. The van der Waals surface area contributed by atoms with Gasteiger partial charge in [0.05, 0.1) is 17.6 Å². The first kappa shape index (κ1) is 23.2. The predicted octanol–water partition coefficient (Wildman–Crippen LogP) is 7.60. The maximum atomic E-state index is 6.17. The van der Waals surface area contributed by atoms with Crippen molar-refractivity contribution in [1.82, 2.24) is 9.55 Å². The highest BCUT2D eigenvalue weighted by atomic mass is 35.5. The van der Waals surface area contributed by atoms with Gasteiger partial charge in [-0.3, -0.25) is 0 Å². The van der Waals surface area contributed by atoms with Crippen LogP contribution in [0.3, 0.4) is 0 Å². The molecule has 1 heterocycles. The van der Waals surface area contributed by atoms with Gasteiger partial charge in [0.1, 0.15) is 11.5 Å². The van der Waals surface area contributed by atoms with Gasteiger partial charge >= 0.3 is 0 Å². The van der Waals surface area contributed by atoms with Gasteiger partial charge in [0.2, 0.25) is 0 Å². The third-order valence-corrected chi connectivity index (χ3v) is 5.94. The fraction of sp³-hybridized carbons (Fsp3) is 0.321. The summed E-state index contributed by atoms with van der Waals surface area (Å²) in [5, 5.41) is 0.690. The Balaban J connectivity index is 1.44. The lowest BCUT2D eigenvalue weighted by Gasteiger charge is -2.19. The number of aromatic nitrogens is 2. The van der Waals surface area contributed by atoms with E-state index in [-0.39, 0.29) is 11.5 Å². The number of halogens is 1. The molecule has 0 bridgehead atoms. The fourth-order valence-electron chi connectivity index (χ4n) is 3.87. The van der Waals surface area contributed by atoms with Crippen molar-refractivity contribution in [3.8, 4) is 11.5 Å². The molecule has 172 valence electrons. The summed E-state index contributed by atoms with van der Waals surface area (Å²) in [6, 6.07) is 24.0. The van der Waals surface area contributed by atoms with E-state index in [1.165, 1.54) is 5.56 Å². The van der Waals surface area contributed by atoms with Gasteiger partial charge in [-0.2, -0.15) is 0 Å². The molecule has 0 N–H and O–H groups in total. The van der Waals surface area contributed by atoms with E-state index in [1.54, 1.807) is 0 Å². The molecule has 1 atom stereocenters. The van der Waals surface area contributed by atoms with Crippen LogP contribution in [0.4, 0.5) is 0 Å². The molecular formula is C28H31ClN2O2. The summed E-state index contributed by atoms with van der Waals surface area (Å²) in [4.78, 5) is 4.87. The van der Waals surface area contributed by atoms with Crippen molar-refractivity contribution < 1.29 is 9.47 Å². The van der Waals surface area contributed by atoms with Crippen LogP contribution in [0.1, 0.15) is 51.6 Å². The van der Waals surface area contributed by atoms with Gasteiger partial charge in [-0.15, -0.1) is 0 Å². The summed E-state index contributed by atoms with van der Waals surface area (Å²) in [5.41, 5.74) is 3.52.